The second-order valence-electron chi connectivity index (χ2n) is 3.62. The molecule has 0 saturated carbocycles. The van der Waals surface area contributed by atoms with Crippen LogP contribution in [0.2, 0.25) is 5.15 Å². The number of nitrogens with zero attached hydrogens (tertiary/aromatic N) is 3. The number of methoxy groups -OCH3 is 2. The van der Waals surface area contributed by atoms with Gasteiger partial charge in [-0.05, 0) is 0 Å². The standard InChI is InChI=1S/C10H14ClN3O2/c1-15-7-5-14(6-8(7)16-2)10-9(11)12-3-4-13-10/h3-4,7-8H,5-6H2,1-2H3/t7-,8-/m1/s1. The van der Waals surface area contributed by atoms with E-state index in [4.69, 9.17) is 21.1 Å². The Bertz CT molecular complexity index is 352. The van der Waals surface area contributed by atoms with E-state index < -0.39 is 0 Å². The van der Waals surface area contributed by atoms with Crippen LogP contribution in [0, 0.1) is 0 Å². The molecule has 1 aromatic rings. The Kier molecular flexibility index (Phi) is 3.58. The molecular formula is C10H14ClN3O2. The minimum Gasteiger partial charge on any atom is -0.377 e. The highest BCUT2D eigenvalue weighted by Crippen LogP contribution is 2.25. The molecule has 0 unspecified atom stereocenters. The Hall–Kier alpha value is -0.910. The summed E-state index contributed by atoms with van der Waals surface area (Å²) in [4.78, 5) is 10.2. The molecule has 0 aromatic carbocycles. The number of hydrogen-bond acceptors (Lipinski definition) is 5. The molecular weight excluding hydrogens is 230 g/mol. The van der Waals surface area contributed by atoms with Gasteiger partial charge in [0, 0.05) is 39.7 Å². The summed E-state index contributed by atoms with van der Waals surface area (Å²) in [7, 11) is 3.36. The topological polar surface area (TPSA) is 47.5 Å². The number of halogens is 1. The van der Waals surface area contributed by atoms with Gasteiger partial charge in [-0.25, -0.2) is 9.97 Å². The lowest BCUT2D eigenvalue weighted by Gasteiger charge is -2.16. The summed E-state index contributed by atoms with van der Waals surface area (Å²) in [6.45, 7) is 1.43. The monoisotopic (exact) mass is 243 g/mol. The maximum Gasteiger partial charge on any atom is 0.171 e. The number of rotatable bonds is 3. The quantitative estimate of drug-likeness (QED) is 0.792. The predicted octanol–water partition coefficient (Wildman–Crippen LogP) is 0.980. The van der Waals surface area contributed by atoms with Crippen molar-refractivity contribution >= 4 is 17.4 Å². The van der Waals surface area contributed by atoms with Gasteiger partial charge in [-0.2, -0.15) is 0 Å². The third-order valence-electron chi connectivity index (χ3n) is 2.76. The molecule has 1 aliphatic heterocycles. The summed E-state index contributed by atoms with van der Waals surface area (Å²) < 4.78 is 10.7. The van der Waals surface area contributed by atoms with Crippen molar-refractivity contribution in [3.05, 3.63) is 17.5 Å². The molecule has 88 valence electrons. The lowest BCUT2D eigenvalue weighted by atomic mass is 10.3. The molecule has 2 heterocycles. The molecule has 0 bridgehead atoms. The van der Waals surface area contributed by atoms with Crippen molar-refractivity contribution in [3.8, 4) is 0 Å². The number of anilines is 1. The molecule has 1 aromatic heterocycles. The molecule has 0 aliphatic carbocycles. The van der Waals surface area contributed by atoms with E-state index in [0.29, 0.717) is 24.1 Å². The van der Waals surface area contributed by atoms with Crippen LogP contribution in [-0.4, -0.2) is 49.5 Å². The SMILES string of the molecule is CO[C@@H]1CN(c2nccnc2Cl)C[C@H]1OC. The summed E-state index contributed by atoms with van der Waals surface area (Å²) in [5.74, 6) is 0.686. The number of ether oxygens (including phenoxy) is 2. The molecule has 0 amide bonds. The number of aromatic nitrogens is 2. The zero-order valence-electron chi connectivity index (χ0n) is 9.26. The Balaban J connectivity index is 2.16. The highest BCUT2D eigenvalue weighted by molar-refractivity contribution is 6.31. The van der Waals surface area contributed by atoms with E-state index in [1.807, 2.05) is 4.90 Å². The normalized spacial score (nSPS) is 25.1. The lowest BCUT2D eigenvalue weighted by molar-refractivity contribution is -0.00461. The fraction of sp³-hybridized carbons (Fsp3) is 0.600. The highest BCUT2D eigenvalue weighted by Gasteiger charge is 2.34. The summed E-state index contributed by atoms with van der Waals surface area (Å²) in [6.07, 6.45) is 3.29. The van der Waals surface area contributed by atoms with E-state index in [0.717, 1.165) is 0 Å². The van der Waals surface area contributed by atoms with Gasteiger partial charge in [0.2, 0.25) is 0 Å². The van der Waals surface area contributed by atoms with Crippen molar-refractivity contribution in [2.24, 2.45) is 0 Å². The minimum atomic E-state index is 0.0445. The van der Waals surface area contributed by atoms with Crippen molar-refractivity contribution < 1.29 is 9.47 Å². The maximum atomic E-state index is 5.99. The van der Waals surface area contributed by atoms with Crippen molar-refractivity contribution in [2.45, 2.75) is 12.2 Å². The van der Waals surface area contributed by atoms with Gasteiger partial charge in [0.15, 0.2) is 11.0 Å². The molecule has 2 rings (SSSR count). The average Bonchev–Trinajstić information content (AvgIpc) is 2.72. The van der Waals surface area contributed by atoms with E-state index in [1.165, 1.54) is 0 Å². The van der Waals surface area contributed by atoms with Crippen LogP contribution in [0.5, 0.6) is 0 Å². The van der Waals surface area contributed by atoms with Crippen molar-refractivity contribution in [1.29, 1.82) is 0 Å². The Labute approximate surface area is 99.3 Å². The van der Waals surface area contributed by atoms with Gasteiger partial charge >= 0.3 is 0 Å². The summed E-state index contributed by atoms with van der Waals surface area (Å²) >= 11 is 5.99. The zero-order valence-corrected chi connectivity index (χ0v) is 10.0. The third kappa shape index (κ3) is 2.11. The fourth-order valence-corrected chi connectivity index (χ4v) is 2.12. The predicted molar refractivity (Wildman–Crippen MR) is 60.8 cm³/mol. The molecule has 16 heavy (non-hydrogen) atoms. The van der Waals surface area contributed by atoms with Crippen LogP contribution < -0.4 is 4.90 Å². The van der Waals surface area contributed by atoms with Crippen LogP contribution in [0.4, 0.5) is 5.82 Å². The molecule has 1 fully saturated rings. The van der Waals surface area contributed by atoms with Crippen LogP contribution in [-0.2, 0) is 9.47 Å². The Morgan fingerprint density at radius 2 is 1.75 bits per heavy atom. The van der Waals surface area contributed by atoms with Gasteiger partial charge < -0.3 is 14.4 Å². The largest absolute Gasteiger partial charge is 0.377 e. The second kappa shape index (κ2) is 4.95. The molecule has 2 atom stereocenters. The average molecular weight is 244 g/mol. The van der Waals surface area contributed by atoms with E-state index >= 15 is 0 Å². The first-order valence-electron chi connectivity index (χ1n) is 5.03. The Morgan fingerprint density at radius 1 is 1.19 bits per heavy atom. The van der Waals surface area contributed by atoms with Crippen molar-refractivity contribution in [2.75, 3.05) is 32.2 Å². The Morgan fingerprint density at radius 3 is 2.25 bits per heavy atom. The molecule has 5 nitrogen and oxygen atoms in total. The lowest BCUT2D eigenvalue weighted by Crippen LogP contribution is -2.27. The molecule has 1 aliphatic rings. The van der Waals surface area contributed by atoms with Crippen LogP contribution >= 0.6 is 11.6 Å². The zero-order chi connectivity index (χ0) is 11.5. The van der Waals surface area contributed by atoms with Gasteiger partial charge in [0.1, 0.15) is 12.2 Å². The van der Waals surface area contributed by atoms with Gasteiger partial charge in [0.25, 0.3) is 0 Å². The smallest absolute Gasteiger partial charge is 0.171 e. The summed E-state index contributed by atoms with van der Waals surface area (Å²) in [6, 6.07) is 0. The van der Waals surface area contributed by atoms with Crippen LogP contribution in [0.3, 0.4) is 0 Å². The molecule has 6 heteroatoms. The van der Waals surface area contributed by atoms with Crippen LogP contribution in [0.1, 0.15) is 0 Å². The first-order chi connectivity index (χ1) is 7.76. The van der Waals surface area contributed by atoms with E-state index in [2.05, 4.69) is 9.97 Å². The summed E-state index contributed by atoms with van der Waals surface area (Å²) in [5, 5.41) is 0.411. The first kappa shape index (κ1) is 11.6. The van der Waals surface area contributed by atoms with Crippen molar-refractivity contribution in [3.63, 3.8) is 0 Å². The van der Waals surface area contributed by atoms with Crippen molar-refractivity contribution in [1.82, 2.24) is 9.97 Å². The van der Waals surface area contributed by atoms with E-state index in [9.17, 15) is 0 Å². The minimum absolute atomic E-state index is 0.0445. The highest BCUT2D eigenvalue weighted by atomic mass is 35.5. The molecule has 0 radical (unpaired) electrons. The van der Waals surface area contributed by atoms with Gasteiger partial charge in [0.05, 0.1) is 0 Å². The van der Waals surface area contributed by atoms with Gasteiger partial charge in [-0.3, -0.25) is 0 Å². The first-order valence-corrected chi connectivity index (χ1v) is 5.41. The van der Waals surface area contributed by atoms with Gasteiger partial charge in [-0.15, -0.1) is 0 Å². The van der Waals surface area contributed by atoms with Crippen LogP contribution in [0.25, 0.3) is 0 Å². The molecule has 0 spiro atoms. The van der Waals surface area contributed by atoms with E-state index in [1.54, 1.807) is 26.6 Å². The molecule has 1 saturated heterocycles. The second-order valence-corrected chi connectivity index (χ2v) is 3.98. The van der Waals surface area contributed by atoms with Gasteiger partial charge in [-0.1, -0.05) is 11.6 Å². The van der Waals surface area contributed by atoms with E-state index in [-0.39, 0.29) is 12.2 Å². The van der Waals surface area contributed by atoms with Crippen LogP contribution in [0.15, 0.2) is 12.4 Å². The maximum absolute atomic E-state index is 5.99. The third-order valence-corrected chi connectivity index (χ3v) is 3.02. The summed E-state index contributed by atoms with van der Waals surface area (Å²) in [5.41, 5.74) is 0. The number of hydrogen-bond donors (Lipinski definition) is 0. The fourth-order valence-electron chi connectivity index (χ4n) is 1.90. The molecule has 0 N–H and O–H groups in total.